The van der Waals surface area contributed by atoms with E-state index < -0.39 is 11.8 Å². The molecule has 0 saturated heterocycles. The highest BCUT2D eigenvalue weighted by Crippen LogP contribution is 2.32. The van der Waals surface area contributed by atoms with Crippen LogP contribution >= 0.6 is 11.6 Å². The van der Waals surface area contributed by atoms with E-state index in [1.165, 1.54) is 13.3 Å². The van der Waals surface area contributed by atoms with Gasteiger partial charge in [0.25, 0.3) is 11.8 Å². The van der Waals surface area contributed by atoms with Crippen LogP contribution in [0.4, 0.5) is 5.69 Å². The number of halogens is 1. The number of carbonyl (C=O) groups is 2. The van der Waals surface area contributed by atoms with Gasteiger partial charge in [0, 0.05) is 11.1 Å². The summed E-state index contributed by atoms with van der Waals surface area (Å²) in [5.74, 6) is 0.996. The van der Waals surface area contributed by atoms with Crippen molar-refractivity contribution in [2.75, 3.05) is 25.8 Å². The largest absolute Gasteiger partial charge is 0.495 e. The van der Waals surface area contributed by atoms with Gasteiger partial charge >= 0.3 is 0 Å². The first-order valence-corrected chi connectivity index (χ1v) is 10.5. The Kier molecular flexibility index (Phi) is 7.14. The standard InChI is InChI=1S/C24H20ClN3O6/c1-31-21-11-16(25)7-8-18(21)27-23(29)13-32-19-5-3-2-4-17(19)24(30)28-26-12-15-6-9-20-22(10-15)34-14-33-20/h2-12H,13-14H2,1H3,(H,27,29)(H,28,30)/b26-12-. The summed E-state index contributed by atoms with van der Waals surface area (Å²) in [7, 11) is 1.47. The number of para-hydroxylation sites is 1. The maximum atomic E-state index is 12.6. The van der Waals surface area contributed by atoms with Gasteiger partial charge in [-0.2, -0.15) is 5.10 Å². The summed E-state index contributed by atoms with van der Waals surface area (Å²) in [6.07, 6.45) is 1.48. The second kappa shape index (κ2) is 10.6. The summed E-state index contributed by atoms with van der Waals surface area (Å²) < 4.78 is 21.4. The van der Waals surface area contributed by atoms with Crippen molar-refractivity contribution in [2.24, 2.45) is 5.10 Å². The molecule has 3 aromatic carbocycles. The van der Waals surface area contributed by atoms with E-state index in [1.807, 2.05) is 0 Å². The first kappa shape index (κ1) is 22.9. The number of benzene rings is 3. The van der Waals surface area contributed by atoms with Crippen molar-refractivity contribution in [3.05, 3.63) is 76.8 Å². The van der Waals surface area contributed by atoms with Gasteiger partial charge in [-0.25, -0.2) is 5.43 Å². The summed E-state index contributed by atoms with van der Waals surface area (Å²) in [5.41, 5.74) is 3.85. The Morgan fingerprint density at radius 2 is 1.88 bits per heavy atom. The molecule has 10 heteroatoms. The van der Waals surface area contributed by atoms with Gasteiger partial charge in [-0.15, -0.1) is 0 Å². The van der Waals surface area contributed by atoms with Gasteiger partial charge in [-0.1, -0.05) is 23.7 Å². The highest BCUT2D eigenvalue weighted by Gasteiger charge is 2.15. The highest BCUT2D eigenvalue weighted by atomic mass is 35.5. The van der Waals surface area contributed by atoms with Crippen molar-refractivity contribution in [1.82, 2.24) is 5.43 Å². The van der Waals surface area contributed by atoms with Crippen LogP contribution in [0.15, 0.2) is 65.8 Å². The van der Waals surface area contributed by atoms with Crippen LogP contribution in [0, 0.1) is 0 Å². The van der Waals surface area contributed by atoms with Crippen LogP contribution in [-0.2, 0) is 4.79 Å². The smallest absolute Gasteiger partial charge is 0.275 e. The molecule has 9 nitrogen and oxygen atoms in total. The fraction of sp³-hybridized carbons (Fsp3) is 0.125. The topological polar surface area (TPSA) is 107 Å². The number of fused-ring (bicyclic) bond motifs is 1. The third-order valence-electron chi connectivity index (χ3n) is 4.70. The lowest BCUT2D eigenvalue weighted by atomic mass is 10.2. The average Bonchev–Trinajstić information content (AvgIpc) is 3.32. The molecular weight excluding hydrogens is 462 g/mol. The number of amides is 2. The van der Waals surface area contributed by atoms with Gasteiger partial charge in [0.2, 0.25) is 6.79 Å². The lowest BCUT2D eigenvalue weighted by Crippen LogP contribution is -2.23. The zero-order valence-electron chi connectivity index (χ0n) is 18.0. The van der Waals surface area contributed by atoms with Crippen molar-refractivity contribution in [3.63, 3.8) is 0 Å². The molecule has 2 amide bonds. The number of anilines is 1. The molecule has 0 spiro atoms. The lowest BCUT2D eigenvalue weighted by molar-refractivity contribution is -0.118. The van der Waals surface area contributed by atoms with Crippen LogP contribution in [0.25, 0.3) is 0 Å². The Labute approximate surface area is 200 Å². The molecule has 1 aliphatic rings. The molecule has 4 rings (SSSR count). The molecule has 2 N–H and O–H groups in total. The van der Waals surface area contributed by atoms with Gasteiger partial charge in [0.05, 0.1) is 24.6 Å². The molecule has 0 saturated carbocycles. The molecule has 174 valence electrons. The van der Waals surface area contributed by atoms with E-state index >= 15 is 0 Å². The number of rotatable bonds is 8. The number of carbonyl (C=O) groups excluding carboxylic acids is 2. The summed E-state index contributed by atoms with van der Waals surface area (Å²) >= 11 is 5.94. The molecule has 1 heterocycles. The normalized spacial score (nSPS) is 11.8. The number of ether oxygens (including phenoxy) is 4. The van der Waals surface area contributed by atoms with Crippen LogP contribution in [-0.4, -0.2) is 38.5 Å². The Morgan fingerprint density at radius 3 is 2.74 bits per heavy atom. The van der Waals surface area contributed by atoms with Gasteiger partial charge in [-0.05, 0) is 48.0 Å². The minimum absolute atomic E-state index is 0.175. The molecule has 0 bridgehead atoms. The van der Waals surface area contributed by atoms with Crippen LogP contribution in [0.3, 0.4) is 0 Å². The van der Waals surface area contributed by atoms with E-state index in [1.54, 1.807) is 60.7 Å². The summed E-state index contributed by atoms with van der Waals surface area (Å²) in [6, 6.07) is 16.7. The monoisotopic (exact) mass is 481 g/mol. The van der Waals surface area contributed by atoms with Crippen molar-refractivity contribution < 1.29 is 28.5 Å². The number of hydrazone groups is 1. The average molecular weight is 482 g/mol. The maximum Gasteiger partial charge on any atom is 0.275 e. The molecule has 0 radical (unpaired) electrons. The molecule has 0 aliphatic carbocycles. The van der Waals surface area contributed by atoms with E-state index in [0.717, 1.165) is 5.56 Å². The fourth-order valence-electron chi connectivity index (χ4n) is 3.10. The van der Waals surface area contributed by atoms with Crippen molar-refractivity contribution in [2.45, 2.75) is 0 Å². The molecule has 3 aromatic rings. The highest BCUT2D eigenvalue weighted by molar-refractivity contribution is 6.30. The summed E-state index contributed by atoms with van der Waals surface area (Å²) in [4.78, 5) is 25.0. The van der Waals surface area contributed by atoms with Crippen LogP contribution < -0.4 is 29.7 Å². The van der Waals surface area contributed by atoms with Crippen LogP contribution in [0.1, 0.15) is 15.9 Å². The second-order valence-corrected chi connectivity index (χ2v) is 7.43. The molecule has 0 fully saturated rings. The van der Waals surface area contributed by atoms with E-state index in [2.05, 4.69) is 15.8 Å². The molecule has 0 atom stereocenters. The Bertz CT molecular complexity index is 1250. The predicted molar refractivity (Wildman–Crippen MR) is 126 cm³/mol. The number of methoxy groups -OCH3 is 1. The van der Waals surface area contributed by atoms with Crippen LogP contribution in [0.5, 0.6) is 23.0 Å². The minimum Gasteiger partial charge on any atom is -0.495 e. The Balaban J connectivity index is 1.35. The minimum atomic E-state index is -0.493. The second-order valence-electron chi connectivity index (χ2n) is 6.99. The third kappa shape index (κ3) is 5.57. The fourth-order valence-corrected chi connectivity index (χ4v) is 3.26. The summed E-state index contributed by atoms with van der Waals surface area (Å²) in [5, 5.41) is 7.15. The van der Waals surface area contributed by atoms with Crippen molar-refractivity contribution >= 4 is 35.3 Å². The molecule has 0 aromatic heterocycles. The first-order chi connectivity index (χ1) is 16.5. The summed E-state index contributed by atoms with van der Waals surface area (Å²) in [6.45, 7) is -0.148. The zero-order chi connectivity index (χ0) is 23.9. The van der Waals surface area contributed by atoms with Crippen LogP contribution in [0.2, 0.25) is 5.02 Å². The van der Waals surface area contributed by atoms with Gasteiger partial charge in [0.15, 0.2) is 18.1 Å². The SMILES string of the molecule is COc1cc(Cl)ccc1NC(=O)COc1ccccc1C(=O)N/N=C\c1ccc2c(c1)OCO2. The molecule has 34 heavy (non-hydrogen) atoms. The van der Waals surface area contributed by atoms with Gasteiger partial charge < -0.3 is 24.3 Å². The zero-order valence-corrected chi connectivity index (χ0v) is 18.8. The number of nitrogens with one attached hydrogen (secondary N) is 2. The van der Waals surface area contributed by atoms with Crippen molar-refractivity contribution in [1.29, 1.82) is 0 Å². The first-order valence-electron chi connectivity index (χ1n) is 10.1. The molecule has 1 aliphatic heterocycles. The van der Waals surface area contributed by atoms with E-state index in [-0.39, 0.29) is 24.7 Å². The molecular formula is C24H20ClN3O6. The molecule has 0 unspecified atom stereocenters. The number of hydrogen-bond donors (Lipinski definition) is 2. The predicted octanol–water partition coefficient (Wildman–Crippen LogP) is 3.86. The quantitative estimate of drug-likeness (QED) is 0.373. The number of hydrogen-bond acceptors (Lipinski definition) is 7. The van der Waals surface area contributed by atoms with Gasteiger partial charge in [0.1, 0.15) is 11.5 Å². The van der Waals surface area contributed by atoms with E-state index in [4.69, 9.17) is 30.5 Å². The Hall–Kier alpha value is -4.24. The number of nitrogens with zero attached hydrogens (tertiary/aromatic N) is 1. The van der Waals surface area contributed by atoms with E-state index in [0.29, 0.717) is 28.0 Å². The van der Waals surface area contributed by atoms with E-state index in [9.17, 15) is 9.59 Å². The Morgan fingerprint density at radius 1 is 1.06 bits per heavy atom. The maximum absolute atomic E-state index is 12.6. The van der Waals surface area contributed by atoms with Crippen molar-refractivity contribution in [3.8, 4) is 23.0 Å². The lowest BCUT2D eigenvalue weighted by Gasteiger charge is -2.12. The van der Waals surface area contributed by atoms with Gasteiger partial charge in [-0.3, -0.25) is 9.59 Å². The third-order valence-corrected chi connectivity index (χ3v) is 4.94.